The van der Waals surface area contributed by atoms with Crippen molar-refractivity contribution >= 4 is 0 Å². The molecule has 3 N–H and O–H groups in total. The summed E-state index contributed by atoms with van der Waals surface area (Å²) in [5.41, 5.74) is 6.76. The number of rotatable bonds is 5. The first-order valence-corrected chi connectivity index (χ1v) is 5.72. The quantitative estimate of drug-likeness (QED) is 0.588. The van der Waals surface area contributed by atoms with Crippen molar-refractivity contribution in [3.8, 4) is 0 Å². The van der Waals surface area contributed by atoms with Crippen molar-refractivity contribution in [1.29, 1.82) is 0 Å². The van der Waals surface area contributed by atoms with Crippen molar-refractivity contribution in [2.45, 2.75) is 26.3 Å². The number of hydrogen-bond donors (Lipinski definition) is 2. The largest absolute Gasteiger partial charge is 0.309 e. The average Bonchev–Trinajstić information content (AvgIpc) is 2.16. The van der Waals surface area contributed by atoms with Crippen LogP contribution in [0.2, 0.25) is 0 Å². The van der Waals surface area contributed by atoms with Crippen LogP contribution in [0.15, 0.2) is 18.2 Å². The molecule has 0 fully saturated rings. The minimum absolute atomic E-state index is 0.237. The molecule has 0 saturated carbocycles. The van der Waals surface area contributed by atoms with Crippen LogP contribution in [0.3, 0.4) is 0 Å². The number of hydrogen-bond acceptors (Lipinski definition) is 3. The zero-order chi connectivity index (χ0) is 12.1. The summed E-state index contributed by atoms with van der Waals surface area (Å²) in [5.74, 6) is 5.62. The molecule has 1 aromatic carbocycles. The molecule has 3 heteroatoms. The van der Waals surface area contributed by atoms with Gasteiger partial charge in [0.15, 0.2) is 0 Å². The number of benzene rings is 1. The first kappa shape index (κ1) is 13.2. The van der Waals surface area contributed by atoms with Crippen molar-refractivity contribution in [2.24, 2.45) is 5.84 Å². The molecular weight excluding hydrogens is 198 g/mol. The molecule has 90 valence electrons. The van der Waals surface area contributed by atoms with Gasteiger partial charge in [-0.05, 0) is 46.5 Å². The molecule has 0 saturated heterocycles. The third-order valence-corrected chi connectivity index (χ3v) is 2.71. The molecule has 0 bridgehead atoms. The van der Waals surface area contributed by atoms with E-state index in [9.17, 15) is 0 Å². The summed E-state index contributed by atoms with van der Waals surface area (Å²) in [7, 11) is 4.16. The van der Waals surface area contributed by atoms with Crippen LogP contribution in [-0.2, 0) is 0 Å². The van der Waals surface area contributed by atoms with Gasteiger partial charge in [-0.15, -0.1) is 0 Å². The molecule has 0 aliphatic heterocycles. The summed E-state index contributed by atoms with van der Waals surface area (Å²) in [6.45, 7) is 5.27. The summed E-state index contributed by atoms with van der Waals surface area (Å²) in [6, 6.07) is 6.82. The van der Waals surface area contributed by atoms with E-state index in [2.05, 4.69) is 56.5 Å². The first-order chi connectivity index (χ1) is 7.52. The second-order valence-electron chi connectivity index (χ2n) is 4.73. The third-order valence-electron chi connectivity index (χ3n) is 2.71. The molecule has 0 heterocycles. The van der Waals surface area contributed by atoms with E-state index in [1.807, 2.05) is 0 Å². The summed E-state index contributed by atoms with van der Waals surface area (Å²) in [4.78, 5) is 2.17. The Labute approximate surface area is 98.6 Å². The Balaban J connectivity index is 2.78. The van der Waals surface area contributed by atoms with Crippen molar-refractivity contribution in [2.75, 3.05) is 20.6 Å². The van der Waals surface area contributed by atoms with Gasteiger partial charge < -0.3 is 4.90 Å². The highest BCUT2D eigenvalue weighted by Gasteiger charge is 2.10. The molecule has 0 amide bonds. The van der Waals surface area contributed by atoms with Gasteiger partial charge in [0.05, 0.1) is 0 Å². The van der Waals surface area contributed by atoms with E-state index in [1.165, 1.54) is 16.7 Å². The van der Waals surface area contributed by atoms with Crippen LogP contribution >= 0.6 is 0 Å². The predicted octanol–water partition coefficient (Wildman–Crippen LogP) is 1.76. The Bertz CT molecular complexity index is 314. The second-order valence-corrected chi connectivity index (χ2v) is 4.73. The van der Waals surface area contributed by atoms with Gasteiger partial charge in [-0.1, -0.05) is 29.3 Å². The molecule has 0 spiro atoms. The van der Waals surface area contributed by atoms with Crippen molar-refractivity contribution in [1.82, 2.24) is 10.3 Å². The first-order valence-electron chi connectivity index (χ1n) is 5.72. The van der Waals surface area contributed by atoms with E-state index in [1.54, 1.807) is 0 Å². The van der Waals surface area contributed by atoms with Crippen molar-refractivity contribution in [3.63, 3.8) is 0 Å². The number of aryl methyl sites for hydroxylation is 2. The molecule has 1 aromatic rings. The van der Waals surface area contributed by atoms with Gasteiger partial charge in [0, 0.05) is 6.04 Å². The van der Waals surface area contributed by atoms with Gasteiger partial charge >= 0.3 is 0 Å². The number of nitrogens with zero attached hydrogens (tertiary/aromatic N) is 1. The van der Waals surface area contributed by atoms with E-state index in [0.29, 0.717) is 0 Å². The second kappa shape index (κ2) is 5.99. The zero-order valence-electron chi connectivity index (χ0n) is 10.7. The van der Waals surface area contributed by atoms with Crippen molar-refractivity contribution in [3.05, 3.63) is 34.9 Å². The average molecular weight is 221 g/mol. The maximum atomic E-state index is 5.62. The van der Waals surface area contributed by atoms with Gasteiger partial charge in [-0.2, -0.15) is 0 Å². The van der Waals surface area contributed by atoms with E-state index in [4.69, 9.17) is 5.84 Å². The lowest BCUT2D eigenvalue weighted by Gasteiger charge is -2.19. The van der Waals surface area contributed by atoms with Gasteiger partial charge in [-0.25, -0.2) is 0 Å². The third kappa shape index (κ3) is 3.93. The highest BCUT2D eigenvalue weighted by atomic mass is 15.2. The molecule has 16 heavy (non-hydrogen) atoms. The van der Waals surface area contributed by atoms with Crippen molar-refractivity contribution < 1.29 is 0 Å². The lowest BCUT2D eigenvalue weighted by Crippen LogP contribution is -2.30. The van der Waals surface area contributed by atoms with Crippen LogP contribution < -0.4 is 11.3 Å². The molecular formula is C13H23N3. The highest BCUT2D eigenvalue weighted by Crippen LogP contribution is 2.19. The summed E-state index contributed by atoms with van der Waals surface area (Å²) < 4.78 is 0. The van der Waals surface area contributed by atoms with Crippen LogP contribution in [0, 0.1) is 13.8 Å². The van der Waals surface area contributed by atoms with Gasteiger partial charge in [0.25, 0.3) is 0 Å². The van der Waals surface area contributed by atoms with E-state index >= 15 is 0 Å². The standard InChI is InChI=1S/C13H23N3/c1-10-7-11(2)9-12(8-10)13(15-14)5-6-16(3)4/h7-9,13,15H,5-6,14H2,1-4H3. The molecule has 0 aliphatic rings. The van der Waals surface area contributed by atoms with Gasteiger partial charge in [0.1, 0.15) is 0 Å². The van der Waals surface area contributed by atoms with Crippen LogP contribution in [0.5, 0.6) is 0 Å². The predicted molar refractivity (Wildman–Crippen MR) is 69.2 cm³/mol. The topological polar surface area (TPSA) is 41.3 Å². The molecule has 3 nitrogen and oxygen atoms in total. The summed E-state index contributed by atoms with van der Waals surface area (Å²) in [5, 5.41) is 0. The fourth-order valence-electron chi connectivity index (χ4n) is 1.94. The Morgan fingerprint density at radius 1 is 1.19 bits per heavy atom. The smallest absolute Gasteiger partial charge is 0.0472 e. The number of hydrazine groups is 1. The van der Waals surface area contributed by atoms with Crippen LogP contribution in [-0.4, -0.2) is 25.5 Å². The highest BCUT2D eigenvalue weighted by molar-refractivity contribution is 5.30. The van der Waals surface area contributed by atoms with Crippen LogP contribution in [0.25, 0.3) is 0 Å². The van der Waals surface area contributed by atoms with Gasteiger partial charge in [0.2, 0.25) is 0 Å². The minimum atomic E-state index is 0.237. The van der Waals surface area contributed by atoms with E-state index in [-0.39, 0.29) is 6.04 Å². The molecule has 0 aliphatic carbocycles. The SMILES string of the molecule is Cc1cc(C)cc(C(CCN(C)C)NN)c1. The lowest BCUT2D eigenvalue weighted by atomic mass is 9.99. The fourth-order valence-corrected chi connectivity index (χ4v) is 1.94. The maximum Gasteiger partial charge on any atom is 0.0472 e. The molecule has 1 rings (SSSR count). The lowest BCUT2D eigenvalue weighted by molar-refractivity contribution is 0.363. The molecule has 0 aromatic heterocycles. The Kier molecular flexibility index (Phi) is 4.93. The van der Waals surface area contributed by atoms with Crippen LogP contribution in [0.4, 0.5) is 0 Å². The van der Waals surface area contributed by atoms with E-state index < -0.39 is 0 Å². The summed E-state index contributed by atoms with van der Waals surface area (Å²) >= 11 is 0. The number of nitrogens with one attached hydrogen (secondary N) is 1. The van der Waals surface area contributed by atoms with E-state index in [0.717, 1.165) is 13.0 Å². The molecule has 1 atom stereocenters. The Morgan fingerprint density at radius 3 is 2.19 bits per heavy atom. The monoisotopic (exact) mass is 221 g/mol. The van der Waals surface area contributed by atoms with Crippen LogP contribution in [0.1, 0.15) is 29.2 Å². The van der Waals surface area contributed by atoms with Gasteiger partial charge in [-0.3, -0.25) is 11.3 Å². The minimum Gasteiger partial charge on any atom is -0.309 e. The molecule has 0 radical (unpaired) electrons. The zero-order valence-corrected chi connectivity index (χ0v) is 10.7. The maximum absolute atomic E-state index is 5.62. The fraction of sp³-hybridized carbons (Fsp3) is 0.538. The number of nitrogens with two attached hydrogens (primary N) is 1. The summed E-state index contributed by atoms with van der Waals surface area (Å²) in [6.07, 6.45) is 1.02. The Hall–Kier alpha value is -0.900. The normalized spacial score (nSPS) is 13.1. The molecule has 1 unspecified atom stereocenters. The Morgan fingerprint density at radius 2 is 1.75 bits per heavy atom.